The molecule has 1 aromatic carbocycles. The van der Waals surface area contributed by atoms with Crippen LogP contribution in [0.4, 0.5) is 13.2 Å². The van der Waals surface area contributed by atoms with Crippen molar-refractivity contribution in [2.45, 2.75) is 24.9 Å². The molecule has 0 N–H and O–H groups in total. The number of nitrogens with zero attached hydrogens (tertiary/aromatic N) is 1. The third-order valence-electron chi connectivity index (χ3n) is 3.35. The van der Waals surface area contributed by atoms with Crippen molar-refractivity contribution in [2.24, 2.45) is 0 Å². The Hall–Kier alpha value is -1.57. The molecular weight excluding hydrogens is 307 g/mol. The fourth-order valence-electron chi connectivity index (χ4n) is 2.30. The molecule has 1 amide bonds. The van der Waals surface area contributed by atoms with Crippen molar-refractivity contribution < 1.29 is 26.4 Å². The predicted molar refractivity (Wildman–Crippen MR) is 70.0 cm³/mol. The number of alkyl halides is 3. The van der Waals surface area contributed by atoms with E-state index in [-0.39, 0.29) is 24.3 Å². The Kier molecular flexibility index (Phi) is 4.27. The molecule has 0 aromatic heterocycles. The molecule has 116 valence electrons. The summed E-state index contributed by atoms with van der Waals surface area (Å²) < 4.78 is 63.1. The molecule has 1 aliphatic rings. The van der Waals surface area contributed by atoms with E-state index in [9.17, 15) is 26.4 Å². The highest BCUT2D eigenvalue weighted by Gasteiger charge is 2.44. The third kappa shape index (κ3) is 3.55. The topological polar surface area (TPSA) is 54.5 Å². The summed E-state index contributed by atoms with van der Waals surface area (Å²) in [6.07, 6.45) is -5.25. The molecule has 2 rings (SSSR count). The first-order valence-electron chi connectivity index (χ1n) is 6.37. The highest BCUT2D eigenvalue weighted by atomic mass is 32.2. The molecule has 21 heavy (non-hydrogen) atoms. The minimum absolute atomic E-state index is 0.0411. The van der Waals surface area contributed by atoms with Crippen LogP contribution in [-0.4, -0.2) is 37.1 Å². The zero-order chi connectivity index (χ0) is 15.7. The lowest BCUT2D eigenvalue weighted by Crippen LogP contribution is -2.35. The summed E-state index contributed by atoms with van der Waals surface area (Å²) in [5.41, 5.74) is -0.0463. The molecule has 0 radical (unpaired) electrons. The van der Waals surface area contributed by atoms with Gasteiger partial charge in [-0.05, 0) is 12.0 Å². The second-order valence-corrected chi connectivity index (χ2v) is 6.86. The van der Waals surface area contributed by atoms with Gasteiger partial charge >= 0.3 is 6.18 Å². The van der Waals surface area contributed by atoms with Gasteiger partial charge in [-0.25, -0.2) is 12.7 Å². The summed E-state index contributed by atoms with van der Waals surface area (Å²) >= 11 is 0. The molecule has 8 heteroatoms. The molecule has 1 aromatic rings. The van der Waals surface area contributed by atoms with Crippen LogP contribution in [-0.2, 0) is 14.8 Å². The van der Waals surface area contributed by atoms with Gasteiger partial charge in [0.25, 0.3) is 0 Å². The van der Waals surface area contributed by atoms with Crippen molar-refractivity contribution in [2.75, 3.05) is 12.3 Å². The maximum atomic E-state index is 13.1. The van der Waals surface area contributed by atoms with E-state index in [1.807, 2.05) is 0 Å². The van der Waals surface area contributed by atoms with Crippen molar-refractivity contribution in [1.82, 2.24) is 4.31 Å². The van der Waals surface area contributed by atoms with Gasteiger partial charge in [0.1, 0.15) is 0 Å². The van der Waals surface area contributed by atoms with Crippen LogP contribution in [0.3, 0.4) is 0 Å². The smallest absolute Gasteiger partial charge is 0.274 e. The highest BCUT2D eigenvalue weighted by molar-refractivity contribution is 7.89. The number of sulfonamides is 1. The lowest BCUT2D eigenvalue weighted by molar-refractivity contribution is -0.159. The van der Waals surface area contributed by atoms with Gasteiger partial charge in [0, 0.05) is 13.0 Å². The van der Waals surface area contributed by atoms with Crippen LogP contribution in [0.2, 0.25) is 0 Å². The van der Waals surface area contributed by atoms with E-state index in [4.69, 9.17) is 0 Å². The number of hydrogen-bond donors (Lipinski definition) is 0. The van der Waals surface area contributed by atoms with Gasteiger partial charge in [-0.2, -0.15) is 13.2 Å². The molecular formula is C13H14F3NO3S. The maximum absolute atomic E-state index is 13.1. The van der Waals surface area contributed by atoms with E-state index < -0.39 is 34.4 Å². The summed E-state index contributed by atoms with van der Waals surface area (Å²) in [4.78, 5) is 11.9. The molecule has 0 aliphatic carbocycles. The average Bonchev–Trinajstić information content (AvgIpc) is 2.75. The van der Waals surface area contributed by atoms with Gasteiger partial charge in [-0.15, -0.1) is 0 Å². The number of hydrogen-bond acceptors (Lipinski definition) is 3. The number of carbonyl (C=O) groups is 1. The van der Waals surface area contributed by atoms with Gasteiger partial charge in [-0.1, -0.05) is 30.3 Å². The molecule has 0 unspecified atom stereocenters. The van der Waals surface area contributed by atoms with Crippen LogP contribution < -0.4 is 0 Å². The van der Waals surface area contributed by atoms with Gasteiger partial charge in [-0.3, -0.25) is 4.79 Å². The van der Waals surface area contributed by atoms with Crippen molar-refractivity contribution in [3.05, 3.63) is 35.9 Å². The minimum Gasteiger partial charge on any atom is -0.274 e. The van der Waals surface area contributed by atoms with E-state index in [0.29, 0.717) is 4.31 Å². The summed E-state index contributed by atoms with van der Waals surface area (Å²) in [5, 5.41) is 0. The second kappa shape index (κ2) is 5.67. The molecule has 1 aliphatic heterocycles. The Labute approximate surface area is 120 Å². The molecule has 0 saturated carbocycles. The Morgan fingerprint density at radius 1 is 1.24 bits per heavy atom. The van der Waals surface area contributed by atoms with E-state index >= 15 is 0 Å². The van der Waals surface area contributed by atoms with Crippen molar-refractivity contribution >= 4 is 15.9 Å². The van der Waals surface area contributed by atoms with Crippen molar-refractivity contribution in [1.29, 1.82) is 0 Å². The summed E-state index contributed by atoms with van der Waals surface area (Å²) in [6, 6.07) is 7.04. The first kappa shape index (κ1) is 15.8. The number of carbonyl (C=O) groups excluding carboxylic acids is 1. The Bertz CT molecular complexity index is 613. The number of halogens is 3. The van der Waals surface area contributed by atoms with Crippen molar-refractivity contribution in [3.63, 3.8) is 0 Å². The van der Waals surface area contributed by atoms with Crippen LogP contribution in [0.5, 0.6) is 0 Å². The van der Waals surface area contributed by atoms with E-state index in [1.165, 1.54) is 24.3 Å². The number of amides is 1. The first-order chi connectivity index (χ1) is 9.72. The third-order valence-corrected chi connectivity index (χ3v) is 5.22. The highest BCUT2D eigenvalue weighted by Crippen LogP contribution is 2.38. The number of benzene rings is 1. The zero-order valence-corrected chi connectivity index (χ0v) is 11.8. The Morgan fingerprint density at radius 2 is 1.86 bits per heavy atom. The fourth-order valence-corrected chi connectivity index (χ4v) is 3.81. The zero-order valence-electron chi connectivity index (χ0n) is 11.0. The molecule has 1 heterocycles. The van der Waals surface area contributed by atoms with Gasteiger partial charge in [0.15, 0.2) is 0 Å². The maximum Gasteiger partial charge on any atom is 0.396 e. The van der Waals surface area contributed by atoms with Gasteiger partial charge in [0.05, 0.1) is 11.7 Å². The van der Waals surface area contributed by atoms with Crippen LogP contribution in [0.15, 0.2) is 30.3 Å². The SMILES string of the molecule is O=C(C[C@@H](c1ccccc1)C(F)(F)F)N1CCCS1(=O)=O. The quantitative estimate of drug-likeness (QED) is 0.858. The Morgan fingerprint density at radius 3 is 2.33 bits per heavy atom. The number of rotatable bonds is 3. The average molecular weight is 321 g/mol. The van der Waals surface area contributed by atoms with E-state index in [2.05, 4.69) is 0 Å². The Balaban J connectivity index is 2.23. The van der Waals surface area contributed by atoms with Crippen LogP contribution in [0, 0.1) is 0 Å². The normalized spacial score (nSPS) is 19.5. The van der Waals surface area contributed by atoms with Crippen LogP contribution in [0.1, 0.15) is 24.3 Å². The molecule has 1 saturated heterocycles. The largest absolute Gasteiger partial charge is 0.396 e. The summed E-state index contributed by atoms with van der Waals surface area (Å²) in [7, 11) is -3.74. The molecule has 0 spiro atoms. The molecule has 1 atom stereocenters. The molecule has 0 bridgehead atoms. The van der Waals surface area contributed by atoms with Crippen LogP contribution in [0.25, 0.3) is 0 Å². The predicted octanol–water partition coefficient (Wildman–Crippen LogP) is 2.28. The lowest BCUT2D eigenvalue weighted by Gasteiger charge is -2.23. The first-order valence-corrected chi connectivity index (χ1v) is 7.97. The standard InChI is InChI=1S/C13H14F3NO3S/c14-13(15,16)11(10-5-2-1-3-6-10)9-12(18)17-7-4-8-21(17,19)20/h1-3,5-6,11H,4,7-9H2/t11-/m0/s1. The lowest BCUT2D eigenvalue weighted by atomic mass is 9.95. The van der Waals surface area contributed by atoms with Crippen LogP contribution >= 0.6 is 0 Å². The minimum atomic E-state index is -4.61. The van der Waals surface area contributed by atoms with E-state index in [0.717, 1.165) is 0 Å². The monoisotopic (exact) mass is 321 g/mol. The molecule has 1 fully saturated rings. The fraction of sp³-hybridized carbons (Fsp3) is 0.462. The van der Waals surface area contributed by atoms with E-state index in [1.54, 1.807) is 6.07 Å². The molecule has 4 nitrogen and oxygen atoms in total. The van der Waals surface area contributed by atoms with Gasteiger partial charge < -0.3 is 0 Å². The summed E-state index contributed by atoms with van der Waals surface area (Å²) in [6.45, 7) is -0.0411. The second-order valence-electron chi connectivity index (χ2n) is 4.84. The van der Waals surface area contributed by atoms with Gasteiger partial charge in [0.2, 0.25) is 15.9 Å². The van der Waals surface area contributed by atoms with Crippen molar-refractivity contribution in [3.8, 4) is 0 Å². The summed E-state index contributed by atoms with van der Waals surface area (Å²) in [5.74, 6) is -3.19.